The number of nitrogens with zero attached hydrogens (tertiary/aromatic N) is 1. The van der Waals surface area contributed by atoms with Crippen molar-refractivity contribution in [2.24, 2.45) is 0 Å². The van der Waals surface area contributed by atoms with Crippen LogP contribution in [0, 0.1) is 0 Å². The highest BCUT2D eigenvalue weighted by molar-refractivity contribution is 6.20. The van der Waals surface area contributed by atoms with Crippen LogP contribution in [0.15, 0.2) is 24.3 Å². The minimum Gasteiger partial charge on any atom is -0.330 e. The van der Waals surface area contributed by atoms with Gasteiger partial charge in [-0.3, -0.25) is 9.59 Å². The van der Waals surface area contributed by atoms with Crippen molar-refractivity contribution in [3.63, 3.8) is 0 Å². The molecule has 7 heteroatoms. The molecular formula is C13H11F2NO4. The molecule has 0 aromatic heterocycles. The summed E-state index contributed by atoms with van der Waals surface area (Å²) in [6, 6.07) is 5.97. The van der Waals surface area contributed by atoms with Crippen molar-refractivity contribution in [3.8, 4) is 0 Å². The van der Waals surface area contributed by atoms with Crippen LogP contribution in [0.1, 0.15) is 40.5 Å². The number of halogens is 2. The van der Waals surface area contributed by atoms with E-state index in [2.05, 4.69) is 4.84 Å². The zero-order valence-corrected chi connectivity index (χ0v) is 10.6. The molecule has 1 aliphatic heterocycles. The molecule has 0 fully saturated rings. The summed E-state index contributed by atoms with van der Waals surface area (Å²) in [6.07, 6.45) is -1.30. The Balaban J connectivity index is 2.04. The lowest BCUT2D eigenvalue weighted by Gasteiger charge is -2.14. The molecule has 1 heterocycles. The van der Waals surface area contributed by atoms with Crippen LogP contribution in [-0.2, 0) is 9.63 Å². The maximum atomic E-state index is 12.6. The first-order valence-corrected chi connectivity index (χ1v) is 5.86. The lowest BCUT2D eigenvalue weighted by Crippen LogP contribution is -2.33. The molecule has 20 heavy (non-hydrogen) atoms. The molecule has 1 aliphatic rings. The van der Waals surface area contributed by atoms with Crippen molar-refractivity contribution < 1.29 is 28.0 Å². The highest BCUT2D eigenvalue weighted by atomic mass is 19.3. The zero-order valence-electron chi connectivity index (χ0n) is 10.6. The van der Waals surface area contributed by atoms with E-state index in [0.29, 0.717) is 12.0 Å². The fourth-order valence-corrected chi connectivity index (χ4v) is 1.72. The Morgan fingerprint density at radius 3 is 2.15 bits per heavy atom. The number of alkyl halides is 2. The van der Waals surface area contributed by atoms with Gasteiger partial charge in [-0.2, -0.15) is 0 Å². The maximum absolute atomic E-state index is 12.6. The van der Waals surface area contributed by atoms with E-state index >= 15 is 0 Å². The zero-order chi connectivity index (χ0) is 14.9. The third-order valence-corrected chi connectivity index (χ3v) is 2.72. The Kier molecular flexibility index (Phi) is 3.52. The van der Waals surface area contributed by atoms with Crippen molar-refractivity contribution in [3.05, 3.63) is 35.4 Å². The van der Waals surface area contributed by atoms with E-state index in [1.165, 1.54) is 12.1 Å². The quantitative estimate of drug-likeness (QED) is 0.794. The summed E-state index contributed by atoms with van der Waals surface area (Å²) < 4.78 is 25.2. The first-order valence-electron chi connectivity index (χ1n) is 5.86. The molecule has 0 atom stereocenters. The minimum atomic E-state index is -3.01. The van der Waals surface area contributed by atoms with Gasteiger partial charge in [0.15, 0.2) is 0 Å². The molecule has 1 aromatic carbocycles. The summed E-state index contributed by atoms with van der Waals surface area (Å²) in [4.78, 5) is 39.6. The van der Waals surface area contributed by atoms with E-state index in [0.717, 1.165) is 0 Å². The first kappa shape index (κ1) is 14.1. The van der Waals surface area contributed by atoms with Gasteiger partial charge in [0.25, 0.3) is 11.8 Å². The van der Waals surface area contributed by atoms with E-state index in [9.17, 15) is 23.2 Å². The smallest absolute Gasteiger partial charge is 0.330 e. The predicted molar refractivity (Wildman–Crippen MR) is 62.9 cm³/mol. The number of carbonyl (C=O) groups is 3. The van der Waals surface area contributed by atoms with E-state index in [1.54, 1.807) is 12.1 Å². The number of benzene rings is 1. The molecule has 0 saturated heterocycles. The summed E-state index contributed by atoms with van der Waals surface area (Å²) in [5, 5.41) is 0.306. The third-order valence-electron chi connectivity index (χ3n) is 2.72. The SMILES string of the molecule is CC(F)(F)CCC(=O)ON1C(=O)c2ccccc2C1=O. The normalized spacial score (nSPS) is 14.4. The topological polar surface area (TPSA) is 63.7 Å². The average molecular weight is 283 g/mol. The van der Waals surface area contributed by atoms with Crippen molar-refractivity contribution >= 4 is 17.8 Å². The molecule has 0 radical (unpaired) electrons. The van der Waals surface area contributed by atoms with Gasteiger partial charge in [0.1, 0.15) is 0 Å². The highest BCUT2D eigenvalue weighted by Gasteiger charge is 2.38. The molecule has 5 nitrogen and oxygen atoms in total. The van der Waals surface area contributed by atoms with Crippen LogP contribution in [0.3, 0.4) is 0 Å². The van der Waals surface area contributed by atoms with Crippen LogP contribution in [0.2, 0.25) is 0 Å². The van der Waals surface area contributed by atoms with E-state index in [-0.39, 0.29) is 11.1 Å². The van der Waals surface area contributed by atoms with Gasteiger partial charge in [-0.25, -0.2) is 13.6 Å². The van der Waals surface area contributed by atoms with Crippen LogP contribution in [0.25, 0.3) is 0 Å². The van der Waals surface area contributed by atoms with Gasteiger partial charge >= 0.3 is 5.97 Å². The molecule has 1 aromatic rings. The van der Waals surface area contributed by atoms with Crippen LogP contribution in [0.5, 0.6) is 0 Å². The van der Waals surface area contributed by atoms with Crippen molar-refractivity contribution in [1.29, 1.82) is 0 Å². The number of rotatable bonds is 4. The van der Waals surface area contributed by atoms with Gasteiger partial charge < -0.3 is 4.84 Å². The minimum absolute atomic E-state index is 0.117. The second kappa shape index (κ2) is 4.99. The Hall–Kier alpha value is -2.31. The average Bonchev–Trinajstić information content (AvgIpc) is 2.62. The fraction of sp³-hybridized carbons (Fsp3) is 0.308. The molecule has 0 aliphatic carbocycles. The maximum Gasteiger partial charge on any atom is 0.333 e. The van der Waals surface area contributed by atoms with E-state index < -0.39 is 36.5 Å². The van der Waals surface area contributed by atoms with Crippen LogP contribution in [-0.4, -0.2) is 28.8 Å². The number of amides is 2. The molecule has 2 rings (SSSR count). The first-order chi connectivity index (χ1) is 9.29. The standard InChI is InChI=1S/C13H11F2NO4/c1-13(14,15)7-6-10(17)20-16-11(18)8-4-2-3-5-9(8)12(16)19/h2-5H,6-7H2,1H3. The molecule has 0 bridgehead atoms. The van der Waals surface area contributed by atoms with E-state index in [1.807, 2.05) is 0 Å². The van der Waals surface area contributed by atoms with Crippen LogP contribution in [0.4, 0.5) is 8.78 Å². The summed E-state index contributed by atoms with van der Waals surface area (Å²) >= 11 is 0. The monoisotopic (exact) mass is 283 g/mol. The lowest BCUT2D eigenvalue weighted by molar-refractivity contribution is -0.170. The molecule has 0 saturated carbocycles. The van der Waals surface area contributed by atoms with Crippen molar-refractivity contribution in [2.75, 3.05) is 0 Å². The van der Waals surface area contributed by atoms with Gasteiger partial charge in [-0.05, 0) is 19.1 Å². The number of hydrogen-bond donors (Lipinski definition) is 0. The summed E-state index contributed by atoms with van der Waals surface area (Å²) in [5.74, 6) is -5.62. The van der Waals surface area contributed by atoms with Gasteiger partial charge in [-0.1, -0.05) is 17.2 Å². The van der Waals surface area contributed by atoms with E-state index in [4.69, 9.17) is 0 Å². The van der Waals surface area contributed by atoms with Gasteiger partial charge in [0.2, 0.25) is 5.92 Å². The van der Waals surface area contributed by atoms with Crippen molar-refractivity contribution in [2.45, 2.75) is 25.7 Å². The molecule has 0 spiro atoms. The fourth-order valence-electron chi connectivity index (χ4n) is 1.72. The molecule has 2 amide bonds. The summed E-state index contributed by atoms with van der Waals surface area (Å²) in [5.41, 5.74) is 0.234. The number of carbonyl (C=O) groups excluding carboxylic acids is 3. The Morgan fingerprint density at radius 2 is 1.70 bits per heavy atom. The number of hydrogen-bond acceptors (Lipinski definition) is 4. The van der Waals surface area contributed by atoms with Crippen LogP contribution < -0.4 is 0 Å². The van der Waals surface area contributed by atoms with Gasteiger partial charge in [-0.15, -0.1) is 0 Å². The highest BCUT2D eigenvalue weighted by Crippen LogP contribution is 2.24. The Bertz CT molecular complexity index is 545. The Morgan fingerprint density at radius 1 is 1.20 bits per heavy atom. The number of fused-ring (bicyclic) bond motifs is 1. The van der Waals surface area contributed by atoms with Gasteiger partial charge in [0.05, 0.1) is 17.5 Å². The largest absolute Gasteiger partial charge is 0.333 e. The van der Waals surface area contributed by atoms with Crippen molar-refractivity contribution in [1.82, 2.24) is 5.06 Å². The molecular weight excluding hydrogens is 272 g/mol. The van der Waals surface area contributed by atoms with Gasteiger partial charge in [0, 0.05) is 6.42 Å². The molecule has 0 unspecified atom stereocenters. The number of hydroxylamine groups is 2. The van der Waals surface area contributed by atoms with Crippen LogP contribution >= 0.6 is 0 Å². The summed E-state index contributed by atoms with van der Waals surface area (Å²) in [7, 11) is 0. The number of imide groups is 1. The second-order valence-corrected chi connectivity index (χ2v) is 4.48. The predicted octanol–water partition coefficient (Wildman–Crippen LogP) is 2.18. The lowest BCUT2D eigenvalue weighted by atomic mass is 10.1. The molecule has 106 valence electrons. The summed E-state index contributed by atoms with van der Waals surface area (Å²) in [6.45, 7) is 0.669. The molecule has 0 N–H and O–H groups in total. The Labute approximate surface area is 113 Å². The third kappa shape index (κ3) is 2.81. The second-order valence-electron chi connectivity index (χ2n) is 4.48.